The van der Waals surface area contributed by atoms with Gasteiger partial charge in [0.25, 0.3) is 5.91 Å². The van der Waals surface area contributed by atoms with Gasteiger partial charge in [-0.25, -0.2) is 0 Å². The molecule has 1 fully saturated rings. The summed E-state index contributed by atoms with van der Waals surface area (Å²) in [4.78, 5) is 29.0. The Kier molecular flexibility index (Phi) is 4.84. The van der Waals surface area contributed by atoms with Gasteiger partial charge in [-0.2, -0.15) is 0 Å². The average Bonchev–Trinajstić information content (AvgIpc) is 3.02. The number of benzene rings is 2. The number of amides is 1. The van der Waals surface area contributed by atoms with Crippen LogP contribution in [0.2, 0.25) is 0 Å². The second kappa shape index (κ2) is 7.56. The molecule has 0 bridgehead atoms. The molecule has 3 aliphatic rings. The van der Waals surface area contributed by atoms with Crippen LogP contribution in [0.4, 0.5) is 0 Å². The van der Waals surface area contributed by atoms with Crippen LogP contribution < -0.4 is 0 Å². The molecule has 1 saturated carbocycles. The van der Waals surface area contributed by atoms with E-state index in [9.17, 15) is 14.7 Å². The smallest absolute Gasteiger partial charge is 0.290 e. The van der Waals surface area contributed by atoms with Crippen molar-refractivity contribution in [2.24, 2.45) is 17.8 Å². The van der Waals surface area contributed by atoms with E-state index in [1.54, 1.807) is 23.1 Å². The first-order chi connectivity index (χ1) is 14.9. The third-order valence-electron chi connectivity index (χ3n) is 6.91. The number of carbonyl (C=O) groups is 2. The number of phenolic OH excluding ortho intramolecular Hbond substituents is 1. The van der Waals surface area contributed by atoms with E-state index < -0.39 is 6.04 Å². The van der Waals surface area contributed by atoms with Gasteiger partial charge in [-0.1, -0.05) is 56.3 Å². The lowest BCUT2D eigenvalue weighted by atomic mass is 9.70. The first-order valence-electron chi connectivity index (χ1n) is 11.0. The first-order valence-corrected chi connectivity index (χ1v) is 11.0. The molecular formula is C26H27NO4. The van der Waals surface area contributed by atoms with Gasteiger partial charge in [-0.15, -0.1) is 0 Å². The molecule has 0 spiro atoms. The summed E-state index contributed by atoms with van der Waals surface area (Å²) in [7, 11) is 0. The molecule has 2 aliphatic heterocycles. The molecule has 2 aromatic rings. The minimum Gasteiger partial charge on any atom is -0.508 e. The average molecular weight is 418 g/mol. The molecule has 5 rings (SSSR count). The summed E-state index contributed by atoms with van der Waals surface area (Å²) in [5.74, 6) is 0.552. The summed E-state index contributed by atoms with van der Waals surface area (Å²) in [5, 5.41) is 10.1. The van der Waals surface area contributed by atoms with Gasteiger partial charge in [0.15, 0.2) is 11.5 Å². The van der Waals surface area contributed by atoms with Crippen molar-refractivity contribution in [3.63, 3.8) is 0 Å². The van der Waals surface area contributed by atoms with E-state index in [-0.39, 0.29) is 41.1 Å². The maximum absolute atomic E-state index is 13.8. The van der Waals surface area contributed by atoms with Gasteiger partial charge < -0.3 is 14.7 Å². The Bertz CT molecular complexity index is 1060. The Morgan fingerprint density at radius 2 is 1.81 bits per heavy atom. The number of aromatic hydroxyl groups is 1. The topological polar surface area (TPSA) is 66.8 Å². The number of rotatable bonds is 3. The summed E-state index contributed by atoms with van der Waals surface area (Å²) >= 11 is 0. The van der Waals surface area contributed by atoms with Crippen molar-refractivity contribution in [3.8, 4) is 5.75 Å². The van der Waals surface area contributed by atoms with Crippen molar-refractivity contribution in [2.45, 2.75) is 45.4 Å². The first kappa shape index (κ1) is 19.9. The van der Waals surface area contributed by atoms with Crippen molar-refractivity contribution >= 4 is 11.7 Å². The number of hydrogen-bond acceptors (Lipinski definition) is 4. The van der Waals surface area contributed by atoms with E-state index >= 15 is 0 Å². The molecule has 0 radical (unpaired) electrons. The fourth-order valence-corrected chi connectivity index (χ4v) is 5.61. The van der Waals surface area contributed by atoms with Crippen LogP contribution in [0, 0.1) is 17.8 Å². The van der Waals surface area contributed by atoms with Crippen LogP contribution in [0.25, 0.3) is 0 Å². The van der Waals surface area contributed by atoms with Gasteiger partial charge in [-0.05, 0) is 47.9 Å². The van der Waals surface area contributed by atoms with Gasteiger partial charge in [0, 0.05) is 6.54 Å². The highest BCUT2D eigenvalue weighted by Gasteiger charge is 2.53. The molecule has 0 saturated heterocycles. The summed E-state index contributed by atoms with van der Waals surface area (Å²) in [6, 6.07) is 16.0. The fraction of sp³-hybridized carbons (Fsp3) is 0.385. The van der Waals surface area contributed by atoms with Crippen LogP contribution in [0.5, 0.6) is 5.75 Å². The lowest BCUT2D eigenvalue weighted by Gasteiger charge is -2.41. The van der Waals surface area contributed by atoms with Crippen molar-refractivity contribution in [3.05, 3.63) is 77.1 Å². The van der Waals surface area contributed by atoms with Gasteiger partial charge in [0.1, 0.15) is 11.9 Å². The van der Waals surface area contributed by atoms with Gasteiger partial charge in [0.05, 0.1) is 17.5 Å². The Morgan fingerprint density at radius 1 is 1.03 bits per heavy atom. The van der Waals surface area contributed by atoms with Gasteiger partial charge >= 0.3 is 0 Å². The summed E-state index contributed by atoms with van der Waals surface area (Å²) < 4.78 is 6.31. The van der Waals surface area contributed by atoms with E-state index in [0.717, 1.165) is 24.0 Å². The van der Waals surface area contributed by atoms with E-state index in [2.05, 4.69) is 13.8 Å². The minimum absolute atomic E-state index is 0.0295. The Hall–Kier alpha value is -3.08. The highest BCUT2D eigenvalue weighted by molar-refractivity contribution is 6.11. The highest BCUT2D eigenvalue weighted by atomic mass is 16.5. The molecule has 160 valence electrons. The number of fused-ring (bicyclic) bond motifs is 1. The highest BCUT2D eigenvalue weighted by Crippen LogP contribution is 2.49. The van der Waals surface area contributed by atoms with Crippen LogP contribution in [-0.4, -0.2) is 27.8 Å². The van der Waals surface area contributed by atoms with E-state index in [0.29, 0.717) is 18.0 Å². The molecule has 1 aliphatic carbocycles. The third-order valence-corrected chi connectivity index (χ3v) is 6.91. The van der Waals surface area contributed by atoms with Crippen LogP contribution in [-0.2, 0) is 20.9 Å². The summed E-state index contributed by atoms with van der Waals surface area (Å²) in [6.07, 6.45) is 1.53. The monoisotopic (exact) mass is 417 g/mol. The number of nitrogens with zero attached hydrogens (tertiary/aromatic N) is 1. The molecule has 31 heavy (non-hydrogen) atoms. The minimum atomic E-state index is -0.559. The molecule has 5 atom stereocenters. The van der Waals surface area contributed by atoms with Gasteiger partial charge in [-0.3, -0.25) is 9.59 Å². The molecule has 5 nitrogen and oxygen atoms in total. The number of ketones is 1. The maximum Gasteiger partial charge on any atom is 0.290 e. The zero-order chi connectivity index (χ0) is 21.7. The molecule has 2 heterocycles. The normalized spacial score (nSPS) is 30.1. The van der Waals surface area contributed by atoms with Gasteiger partial charge in [0.2, 0.25) is 0 Å². The predicted molar refractivity (Wildman–Crippen MR) is 116 cm³/mol. The van der Waals surface area contributed by atoms with E-state index in [4.69, 9.17) is 4.74 Å². The number of hydrogen-bond donors (Lipinski definition) is 1. The molecule has 2 aromatic carbocycles. The summed E-state index contributed by atoms with van der Waals surface area (Å²) in [6.45, 7) is 4.66. The van der Waals surface area contributed by atoms with E-state index in [1.165, 1.54) is 0 Å². The van der Waals surface area contributed by atoms with Crippen LogP contribution in [0.15, 0.2) is 65.9 Å². The third kappa shape index (κ3) is 3.32. The molecule has 5 heteroatoms. The lowest BCUT2D eigenvalue weighted by Crippen LogP contribution is -2.45. The second-order valence-electron chi connectivity index (χ2n) is 9.27. The zero-order valence-corrected chi connectivity index (χ0v) is 17.8. The summed E-state index contributed by atoms with van der Waals surface area (Å²) in [5.41, 5.74) is 2.16. The Morgan fingerprint density at radius 3 is 2.55 bits per heavy atom. The lowest BCUT2D eigenvalue weighted by molar-refractivity contribution is -0.139. The zero-order valence-electron chi connectivity index (χ0n) is 17.8. The van der Waals surface area contributed by atoms with Crippen LogP contribution >= 0.6 is 0 Å². The number of phenols is 1. The van der Waals surface area contributed by atoms with E-state index in [1.807, 2.05) is 36.4 Å². The van der Waals surface area contributed by atoms with Crippen LogP contribution in [0.1, 0.15) is 43.9 Å². The SMILES string of the molecule is CC1CC(C)C2OC3=C(C(=O)C2C1)C(c1cccc(O)c1)N(Cc1ccccc1)C3=O. The quantitative estimate of drug-likeness (QED) is 0.805. The van der Waals surface area contributed by atoms with Crippen LogP contribution in [0.3, 0.4) is 0 Å². The predicted octanol–water partition coefficient (Wildman–Crippen LogP) is 4.38. The standard InChI is InChI=1S/C26H27NO4/c1-15-11-16(2)24-20(12-15)23(29)21-22(18-9-6-10-19(28)13-18)27(26(30)25(21)31-24)14-17-7-4-3-5-8-17/h3-10,13,15-16,20,22,24,28H,11-12,14H2,1-2H3. The van der Waals surface area contributed by atoms with Crippen molar-refractivity contribution in [2.75, 3.05) is 0 Å². The Labute approximate surface area is 182 Å². The van der Waals surface area contributed by atoms with Crippen molar-refractivity contribution < 1.29 is 19.4 Å². The molecule has 1 amide bonds. The molecular weight excluding hydrogens is 390 g/mol. The molecule has 0 aromatic heterocycles. The molecule has 1 N–H and O–H groups in total. The maximum atomic E-state index is 13.8. The number of Topliss-reactive ketones (excluding diaryl/α,β-unsaturated/α-hetero) is 1. The largest absolute Gasteiger partial charge is 0.508 e. The number of carbonyl (C=O) groups excluding carboxylic acids is 2. The fourth-order valence-electron chi connectivity index (χ4n) is 5.61. The van der Waals surface area contributed by atoms with Crippen molar-refractivity contribution in [1.29, 1.82) is 0 Å². The number of ether oxygens (including phenoxy) is 1. The van der Waals surface area contributed by atoms with Crippen molar-refractivity contribution in [1.82, 2.24) is 4.90 Å². The Balaban J connectivity index is 1.60. The molecule has 5 unspecified atom stereocenters. The second-order valence-corrected chi connectivity index (χ2v) is 9.27.